The molecule has 0 radical (unpaired) electrons. The molecule has 5 nitrogen and oxygen atoms in total. The van der Waals surface area contributed by atoms with E-state index in [-0.39, 0.29) is 24.0 Å². The molecule has 6 heteroatoms. The van der Waals surface area contributed by atoms with Crippen molar-refractivity contribution in [2.45, 2.75) is 19.8 Å². The topological polar surface area (TPSA) is 78.2 Å². The van der Waals surface area contributed by atoms with Crippen molar-refractivity contribution in [2.75, 3.05) is 24.6 Å². The predicted molar refractivity (Wildman–Crippen MR) is 59.2 cm³/mol. The third-order valence-electron chi connectivity index (χ3n) is 2.65. The van der Waals surface area contributed by atoms with Crippen molar-refractivity contribution in [3.8, 4) is 6.07 Å². The van der Waals surface area contributed by atoms with Crippen LogP contribution >= 0.6 is 0 Å². The highest BCUT2D eigenvalue weighted by atomic mass is 32.2. The van der Waals surface area contributed by atoms with Crippen LogP contribution in [0.4, 0.5) is 0 Å². The van der Waals surface area contributed by atoms with Crippen LogP contribution in [0.1, 0.15) is 19.8 Å². The predicted octanol–water partition coefficient (Wildman–Crippen LogP) is 0.183. The summed E-state index contributed by atoms with van der Waals surface area (Å²) in [5, 5.41) is 8.60. The molecule has 0 bridgehead atoms. The minimum atomic E-state index is -3.03. The molecule has 1 heterocycles. The van der Waals surface area contributed by atoms with Crippen molar-refractivity contribution in [1.82, 2.24) is 4.90 Å². The van der Waals surface area contributed by atoms with Gasteiger partial charge >= 0.3 is 0 Å². The number of hydrogen-bond acceptors (Lipinski definition) is 4. The maximum atomic E-state index is 11.9. The number of hydrogen-bond donors (Lipinski definition) is 0. The van der Waals surface area contributed by atoms with E-state index in [1.54, 1.807) is 0 Å². The summed E-state index contributed by atoms with van der Waals surface area (Å²) in [6.07, 6.45) is 1.17. The zero-order chi connectivity index (χ0) is 12.2. The molecule has 0 N–H and O–H groups in total. The molecule has 0 aromatic rings. The van der Waals surface area contributed by atoms with Crippen molar-refractivity contribution in [2.24, 2.45) is 5.92 Å². The van der Waals surface area contributed by atoms with Crippen LogP contribution in [0.2, 0.25) is 0 Å². The molecule has 0 aliphatic carbocycles. The highest BCUT2D eigenvalue weighted by Gasteiger charge is 2.35. The highest BCUT2D eigenvalue weighted by molar-refractivity contribution is 7.91. The van der Waals surface area contributed by atoms with E-state index >= 15 is 0 Å². The fraction of sp³-hybridized carbons (Fsp3) is 0.800. The summed E-state index contributed by atoms with van der Waals surface area (Å²) in [6, 6.07) is 1.93. The Morgan fingerprint density at radius 2 is 2.25 bits per heavy atom. The molecule has 0 saturated carbocycles. The summed E-state index contributed by atoms with van der Waals surface area (Å²) in [4.78, 5) is 13.4. The van der Waals surface area contributed by atoms with Gasteiger partial charge in [0, 0.05) is 6.54 Å². The molecule has 0 aromatic carbocycles. The summed E-state index contributed by atoms with van der Waals surface area (Å²) in [5.41, 5.74) is 0. The molecule has 0 spiro atoms. The Morgan fingerprint density at radius 1 is 1.56 bits per heavy atom. The summed E-state index contributed by atoms with van der Waals surface area (Å²) >= 11 is 0. The van der Waals surface area contributed by atoms with E-state index in [2.05, 4.69) is 0 Å². The van der Waals surface area contributed by atoms with Crippen molar-refractivity contribution in [3.63, 3.8) is 0 Å². The maximum absolute atomic E-state index is 11.9. The number of nitrogens with zero attached hydrogens (tertiary/aromatic N) is 2. The van der Waals surface area contributed by atoms with Gasteiger partial charge in [-0.25, -0.2) is 8.42 Å². The largest absolute Gasteiger partial charge is 0.329 e. The Labute approximate surface area is 96.0 Å². The molecule has 1 saturated heterocycles. The number of carbonyl (C=O) groups excluding carboxylic acids is 1. The van der Waals surface area contributed by atoms with E-state index in [0.717, 1.165) is 6.42 Å². The lowest BCUT2D eigenvalue weighted by molar-refractivity contribution is -0.134. The molecule has 1 aliphatic heterocycles. The van der Waals surface area contributed by atoms with Gasteiger partial charge in [-0.2, -0.15) is 5.26 Å². The second-order valence-corrected chi connectivity index (χ2v) is 6.25. The fourth-order valence-electron chi connectivity index (χ4n) is 1.87. The SMILES string of the molecule is CCCN(CC#N)C(=O)C1CCS(=O)(=O)C1. The Kier molecular flexibility index (Phi) is 4.30. The molecule has 0 aromatic heterocycles. The smallest absolute Gasteiger partial charge is 0.227 e. The van der Waals surface area contributed by atoms with Crippen LogP contribution in [0.15, 0.2) is 0 Å². The number of rotatable bonds is 4. The molecule has 1 fully saturated rings. The van der Waals surface area contributed by atoms with Crippen LogP contribution in [-0.4, -0.2) is 43.8 Å². The fourth-order valence-corrected chi connectivity index (χ4v) is 3.60. The summed E-state index contributed by atoms with van der Waals surface area (Å²) in [7, 11) is -3.03. The number of carbonyl (C=O) groups is 1. The monoisotopic (exact) mass is 244 g/mol. The highest BCUT2D eigenvalue weighted by Crippen LogP contribution is 2.20. The Hall–Kier alpha value is -1.09. The number of amides is 1. The minimum absolute atomic E-state index is 0.0449. The molecule has 1 unspecified atom stereocenters. The van der Waals surface area contributed by atoms with Gasteiger partial charge in [0.15, 0.2) is 9.84 Å². The van der Waals surface area contributed by atoms with Gasteiger partial charge in [0.2, 0.25) is 5.91 Å². The van der Waals surface area contributed by atoms with E-state index in [9.17, 15) is 13.2 Å². The van der Waals surface area contributed by atoms with Crippen molar-refractivity contribution >= 4 is 15.7 Å². The van der Waals surface area contributed by atoms with Crippen LogP contribution in [0.3, 0.4) is 0 Å². The van der Waals surface area contributed by atoms with Crippen LogP contribution in [-0.2, 0) is 14.6 Å². The lowest BCUT2D eigenvalue weighted by Gasteiger charge is -2.21. The first-order chi connectivity index (χ1) is 7.50. The molecule has 90 valence electrons. The molecular formula is C10H16N2O3S. The quantitative estimate of drug-likeness (QED) is 0.661. The van der Waals surface area contributed by atoms with E-state index in [4.69, 9.17) is 5.26 Å². The van der Waals surface area contributed by atoms with Crippen LogP contribution in [0, 0.1) is 17.2 Å². The minimum Gasteiger partial charge on any atom is -0.329 e. The van der Waals surface area contributed by atoms with Crippen molar-refractivity contribution in [3.05, 3.63) is 0 Å². The lowest BCUT2D eigenvalue weighted by atomic mass is 10.1. The third kappa shape index (κ3) is 3.20. The van der Waals surface area contributed by atoms with Crippen molar-refractivity contribution in [1.29, 1.82) is 5.26 Å². The van der Waals surface area contributed by atoms with E-state index in [0.29, 0.717) is 13.0 Å². The lowest BCUT2D eigenvalue weighted by Crippen LogP contribution is -2.37. The van der Waals surface area contributed by atoms with Gasteiger partial charge in [-0.1, -0.05) is 6.92 Å². The number of sulfone groups is 1. The Balaban J connectivity index is 2.66. The number of nitriles is 1. The van der Waals surface area contributed by atoms with Crippen LogP contribution < -0.4 is 0 Å². The van der Waals surface area contributed by atoms with Gasteiger partial charge in [-0.05, 0) is 12.8 Å². The van der Waals surface area contributed by atoms with Gasteiger partial charge in [0.1, 0.15) is 6.54 Å². The molecule has 1 atom stereocenters. The summed E-state index contributed by atoms with van der Waals surface area (Å²) in [6.45, 7) is 2.48. The van der Waals surface area contributed by atoms with Gasteiger partial charge < -0.3 is 4.90 Å². The maximum Gasteiger partial charge on any atom is 0.227 e. The van der Waals surface area contributed by atoms with Gasteiger partial charge in [-0.15, -0.1) is 0 Å². The first-order valence-electron chi connectivity index (χ1n) is 5.36. The first-order valence-corrected chi connectivity index (χ1v) is 7.18. The second-order valence-electron chi connectivity index (χ2n) is 4.02. The Bertz CT molecular complexity index is 397. The molecule has 1 amide bonds. The zero-order valence-electron chi connectivity index (χ0n) is 9.35. The zero-order valence-corrected chi connectivity index (χ0v) is 10.2. The standard InChI is InChI=1S/C10H16N2O3S/c1-2-5-12(6-4-11)10(13)9-3-7-16(14,15)8-9/h9H,2-3,5-8H2,1H3. The average molecular weight is 244 g/mol. The van der Waals surface area contributed by atoms with Crippen LogP contribution in [0.5, 0.6) is 0 Å². The van der Waals surface area contributed by atoms with E-state index in [1.165, 1.54) is 4.90 Å². The third-order valence-corrected chi connectivity index (χ3v) is 4.42. The molecular weight excluding hydrogens is 228 g/mol. The van der Waals surface area contributed by atoms with E-state index < -0.39 is 15.8 Å². The summed E-state index contributed by atoms with van der Waals surface area (Å²) in [5.74, 6) is -0.595. The van der Waals surface area contributed by atoms with E-state index in [1.807, 2.05) is 13.0 Å². The van der Waals surface area contributed by atoms with Gasteiger partial charge in [0.25, 0.3) is 0 Å². The first kappa shape index (κ1) is 13.0. The molecule has 16 heavy (non-hydrogen) atoms. The molecule has 1 rings (SSSR count). The Morgan fingerprint density at radius 3 is 2.69 bits per heavy atom. The summed E-state index contributed by atoms with van der Waals surface area (Å²) < 4.78 is 22.5. The normalized spacial score (nSPS) is 22.6. The van der Waals surface area contributed by atoms with Gasteiger partial charge in [-0.3, -0.25) is 4.79 Å². The van der Waals surface area contributed by atoms with Crippen molar-refractivity contribution < 1.29 is 13.2 Å². The van der Waals surface area contributed by atoms with Gasteiger partial charge in [0.05, 0.1) is 23.5 Å². The average Bonchev–Trinajstić information content (AvgIpc) is 2.57. The van der Waals surface area contributed by atoms with Crippen LogP contribution in [0.25, 0.3) is 0 Å². The second kappa shape index (κ2) is 5.30. The molecule has 1 aliphatic rings.